The van der Waals surface area contributed by atoms with E-state index in [1.54, 1.807) is 13.0 Å². The standard InChI is InChI=1S/C13H16N2O2/c1-10(13(16)17)5-4-8-15-12-7-3-2-6-11(12)9-14/h2-3,6-7,10,15H,4-5,8H2,1H3,(H,16,17). The number of carbonyl (C=O) groups is 1. The molecule has 0 spiro atoms. The molecular weight excluding hydrogens is 216 g/mol. The highest BCUT2D eigenvalue weighted by Gasteiger charge is 2.09. The first kappa shape index (κ1) is 13.0. The van der Waals surface area contributed by atoms with Gasteiger partial charge in [-0.2, -0.15) is 5.26 Å². The maximum Gasteiger partial charge on any atom is 0.306 e. The van der Waals surface area contributed by atoms with E-state index < -0.39 is 5.97 Å². The zero-order chi connectivity index (χ0) is 12.7. The minimum absolute atomic E-state index is 0.317. The van der Waals surface area contributed by atoms with E-state index >= 15 is 0 Å². The highest BCUT2D eigenvalue weighted by molar-refractivity contribution is 5.69. The second-order valence-electron chi connectivity index (χ2n) is 3.97. The summed E-state index contributed by atoms with van der Waals surface area (Å²) in [6, 6.07) is 9.39. The van der Waals surface area contributed by atoms with Gasteiger partial charge in [0, 0.05) is 6.54 Å². The molecule has 0 amide bonds. The van der Waals surface area contributed by atoms with Crippen molar-refractivity contribution in [1.82, 2.24) is 0 Å². The molecule has 0 aliphatic rings. The third-order valence-electron chi connectivity index (χ3n) is 2.60. The monoisotopic (exact) mass is 232 g/mol. The number of para-hydroxylation sites is 1. The number of carboxylic acid groups (broad SMARTS) is 1. The molecule has 0 saturated carbocycles. The van der Waals surface area contributed by atoms with Crippen molar-refractivity contribution < 1.29 is 9.90 Å². The average molecular weight is 232 g/mol. The summed E-state index contributed by atoms with van der Waals surface area (Å²) in [5.74, 6) is -1.08. The van der Waals surface area contributed by atoms with Crippen molar-refractivity contribution in [3.8, 4) is 6.07 Å². The molecule has 1 atom stereocenters. The van der Waals surface area contributed by atoms with Crippen LogP contribution in [0, 0.1) is 17.2 Å². The summed E-state index contributed by atoms with van der Waals surface area (Å²) < 4.78 is 0. The number of carboxylic acids is 1. The first-order valence-corrected chi connectivity index (χ1v) is 5.61. The van der Waals surface area contributed by atoms with Crippen LogP contribution >= 0.6 is 0 Å². The van der Waals surface area contributed by atoms with Crippen molar-refractivity contribution in [3.05, 3.63) is 29.8 Å². The Labute approximate surface area is 101 Å². The summed E-state index contributed by atoms with van der Waals surface area (Å²) in [7, 11) is 0. The van der Waals surface area contributed by atoms with Gasteiger partial charge < -0.3 is 10.4 Å². The van der Waals surface area contributed by atoms with Crippen LogP contribution in [0.1, 0.15) is 25.3 Å². The molecule has 1 aromatic carbocycles. The van der Waals surface area contributed by atoms with Crippen LogP contribution in [0.25, 0.3) is 0 Å². The summed E-state index contributed by atoms with van der Waals surface area (Å²) >= 11 is 0. The van der Waals surface area contributed by atoms with Gasteiger partial charge in [0.2, 0.25) is 0 Å². The first-order chi connectivity index (χ1) is 8.15. The lowest BCUT2D eigenvalue weighted by Crippen LogP contribution is -2.11. The Balaban J connectivity index is 2.37. The topological polar surface area (TPSA) is 73.1 Å². The van der Waals surface area contributed by atoms with Gasteiger partial charge in [-0.1, -0.05) is 19.1 Å². The summed E-state index contributed by atoms with van der Waals surface area (Å²) in [6.07, 6.45) is 1.41. The lowest BCUT2D eigenvalue weighted by atomic mass is 10.1. The van der Waals surface area contributed by atoms with Gasteiger partial charge in [0.05, 0.1) is 17.2 Å². The number of hydrogen-bond acceptors (Lipinski definition) is 3. The fourth-order valence-electron chi connectivity index (χ4n) is 1.49. The molecular formula is C13H16N2O2. The third kappa shape index (κ3) is 4.15. The molecule has 17 heavy (non-hydrogen) atoms. The van der Waals surface area contributed by atoms with E-state index in [9.17, 15) is 4.79 Å². The van der Waals surface area contributed by atoms with Crippen molar-refractivity contribution in [3.63, 3.8) is 0 Å². The summed E-state index contributed by atoms with van der Waals surface area (Å²) in [5.41, 5.74) is 1.41. The molecule has 1 aromatic rings. The quantitative estimate of drug-likeness (QED) is 0.739. The Kier molecular flexibility index (Phi) is 5.02. The molecule has 0 fully saturated rings. The van der Waals surface area contributed by atoms with Crippen LogP contribution in [-0.2, 0) is 4.79 Å². The van der Waals surface area contributed by atoms with Gasteiger partial charge in [0.15, 0.2) is 0 Å². The molecule has 1 rings (SSSR count). The SMILES string of the molecule is CC(CCCNc1ccccc1C#N)C(=O)O. The minimum atomic E-state index is -0.762. The second-order valence-corrected chi connectivity index (χ2v) is 3.97. The Morgan fingerprint density at radius 3 is 2.88 bits per heavy atom. The van der Waals surface area contributed by atoms with E-state index in [4.69, 9.17) is 10.4 Å². The minimum Gasteiger partial charge on any atom is -0.481 e. The number of aliphatic carboxylic acids is 1. The lowest BCUT2D eigenvalue weighted by molar-refractivity contribution is -0.141. The molecule has 90 valence electrons. The predicted molar refractivity (Wildman–Crippen MR) is 65.7 cm³/mol. The third-order valence-corrected chi connectivity index (χ3v) is 2.60. The highest BCUT2D eigenvalue weighted by atomic mass is 16.4. The zero-order valence-electron chi connectivity index (χ0n) is 9.81. The van der Waals surface area contributed by atoms with Gasteiger partial charge in [0.1, 0.15) is 6.07 Å². The fraction of sp³-hybridized carbons (Fsp3) is 0.385. The predicted octanol–water partition coefficient (Wildman–Crippen LogP) is 2.47. The largest absolute Gasteiger partial charge is 0.481 e. The number of nitrogens with zero attached hydrogens (tertiary/aromatic N) is 1. The van der Waals surface area contributed by atoms with Gasteiger partial charge in [-0.3, -0.25) is 4.79 Å². The van der Waals surface area contributed by atoms with Crippen LogP contribution in [0.3, 0.4) is 0 Å². The van der Waals surface area contributed by atoms with Gasteiger partial charge >= 0.3 is 5.97 Å². The Morgan fingerprint density at radius 1 is 1.53 bits per heavy atom. The van der Waals surface area contributed by atoms with Crippen LogP contribution in [0.2, 0.25) is 0 Å². The van der Waals surface area contributed by atoms with Crippen molar-refractivity contribution in [2.24, 2.45) is 5.92 Å². The van der Waals surface area contributed by atoms with Crippen molar-refractivity contribution in [2.45, 2.75) is 19.8 Å². The maximum atomic E-state index is 10.6. The summed E-state index contributed by atoms with van der Waals surface area (Å²) in [6.45, 7) is 2.38. The van der Waals surface area contributed by atoms with Crippen molar-refractivity contribution >= 4 is 11.7 Å². The number of anilines is 1. The van der Waals surface area contributed by atoms with E-state index in [0.717, 1.165) is 12.1 Å². The van der Waals surface area contributed by atoms with Crippen molar-refractivity contribution in [2.75, 3.05) is 11.9 Å². The molecule has 4 heteroatoms. The van der Waals surface area contributed by atoms with Gasteiger partial charge in [-0.25, -0.2) is 0 Å². The molecule has 0 aliphatic heterocycles. The highest BCUT2D eigenvalue weighted by Crippen LogP contribution is 2.14. The van der Waals surface area contributed by atoms with Crippen molar-refractivity contribution in [1.29, 1.82) is 5.26 Å². The van der Waals surface area contributed by atoms with E-state index in [0.29, 0.717) is 18.5 Å². The normalized spacial score (nSPS) is 11.5. The Morgan fingerprint density at radius 2 is 2.24 bits per heavy atom. The van der Waals surface area contributed by atoms with Crippen LogP contribution in [0.4, 0.5) is 5.69 Å². The van der Waals surface area contributed by atoms with Gasteiger partial charge in [0.25, 0.3) is 0 Å². The number of nitriles is 1. The number of hydrogen-bond donors (Lipinski definition) is 2. The Hall–Kier alpha value is -2.02. The second kappa shape index (κ2) is 6.54. The average Bonchev–Trinajstić information content (AvgIpc) is 2.34. The molecule has 0 saturated heterocycles. The molecule has 0 aromatic heterocycles. The Bertz CT molecular complexity index is 424. The van der Waals surface area contributed by atoms with Crippen LogP contribution < -0.4 is 5.32 Å². The molecule has 1 unspecified atom stereocenters. The van der Waals surface area contributed by atoms with Crippen LogP contribution in [0.15, 0.2) is 24.3 Å². The van der Waals surface area contributed by atoms with Gasteiger partial charge in [-0.15, -0.1) is 0 Å². The number of nitrogens with one attached hydrogen (secondary N) is 1. The van der Waals surface area contributed by atoms with Crippen LogP contribution in [-0.4, -0.2) is 17.6 Å². The summed E-state index contributed by atoms with van der Waals surface area (Å²) in [4.78, 5) is 10.6. The van der Waals surface area contributed by atoms with Gasteiger partial charge in [-0.05, 0) is 25.0 Å². The molecule has 0 radical (unpaired) electrons. The zero-order valence-corrected chi connectivity index (χ0v) is 9.81. The van der Waals surface area contributed by atoms with Crippen LogP contribution in [0.5, 0.6) is 0 Å². The van der Waals surface area contributed by atoms with E-state index in [1.807, 2.05) is 18.2 Å². The molecule has 2 N–H and O–H groups in total. The molecule has 0 bridgehead atoms. The lowest BCUT2D eigenvalue weighted by Gasteiger charge is -2.09. The van der Waals surface area contributed by atoms with E-state index in [-0.39, 0.29) is 5.92 Å². The first-order valence-electron chi connectivity index (χ1n) is 5.61. The maximum absolute atomic E-state index is 10.6. The molecule has 0 heterocycles. The molecule has 4 nitrogen and oxygen atoms in total. The van der Waals surface area contributed by atoms with E-state index in [2.05, 4.69) is 11.4 Å². The molecule has 0 aliphatic carbocycles. The summed E-state index contributed by atoms with van der Waals surface area (Å²) in [5, 5.41) is 20.7. The number of benzene rings is 1. The fourth-order valence-corrected chi connectivity index (χ4v) is 1.49. The number of rotatable bonds is 6. The van der Waals surface area contributed by atoms with E-state index in [1.165, 1.54) is 0 Å². The smallest absolute Gasteiger partial charge is 0.306 e.